The Kier molecular flexibility index (Phi) is 6.71. The first kappa shape index (κ1) is 25.3. The summed E-state index contributed by atoms with van der Waals surface area (Å²) in [7, 11) is -3.36. The first-order chi connectivity index (χ1) is 17.6. The molecule has 1 atom stereocenters. The highest BCUT2D eigenvalue weighted by Gasteiger charge is 2.29. The van der Waals surface area contributed by atoms with Crippen LogP contribution in [-0.4, -0.2) is 61.0 Å². The summed E-state index contributed by atoms with van der Waals surface area (Å²) in [5, 5.41) is 4.15. The molecule has 2 aliphatic rings. The van der Waals surface area contributed by atoms with Crippen molar-refractivity contribution < 1.29 is 26.3 Å². The zero-order chi connectivity index (χ0) is 26.3. The third-order valence-electron chi connectivity index (χ3n) is 6.69. The molecule has 0 bridgehead atoms. The zero-order valence-corrected chi connectivity index (χ0v) is 20.8. The maximum Gasteiger partial charge on any atom is 0.316 e. The minimum Gasteiger partial charge on any atom is -0.483 e. The Hall–Kier alpha value is -3.38. The van der Waals surface area contributed by atoms with Gasteiger partial charge < -0.3 is 9.64 Å². The molecule has 0 amide bonds. The molecule has 1 aliphatic carbocycles. The van der Waals surface area contributed by atoms with E-state index in [-0.39, 0.29) is 30.3 Å². The van der Waals surface area contributed by atoms with Gasteiger partial charge in [0.1, 0.15) is 29.2 Å². The second kappa shape index (κ2) is 9.82. The molecular weight excluding hydrogens is 509 g/mol. The van der Waals surface area contributed by atoms with Crippen LogP contribution in [0.2, 0.25) is 0 Å². The van der Waals surface area contributed by atoms with E-state index in [0.29, 0.717) is 44.1 Å². The van der Waals surface area contributed by atoms with Crippen molar-refractivity contribution in [1.29, 1.82) is 0 Å². The van der Waals surface area contributed by atoms with Crippen LogP contribution in [0.5, 0.6) is 5.75 Å². The van der Waals surface area contributed by atoms with Gasteiger partial charge in [-0.1, -0.05) is 6.07 Å². The number of hydrogen-bond acceptors (Lipinski definition) is 6. The van der Waals surface area contributed by atoms with Crippen LogP contribution >= 0.6 is 0 Å². The maximum atomic E-state index is 13.9. The molecule has 5 rings (SSSR count). The Labute approximate surface area is 211 Å². The number of halogens is 3. The Morgan fingerprint density at radius 3 is 2.32 bits per heavy atom. The lowest BCUT2D eigenvalue weighted by atomic mass is 9.89. The van der Waals surface area contributed by atoms with E-state index in [1.165, 1.54) is 22.6 Å². The number of ether oxygens (including phenoxy) is 1. The number of aromatic nitrogens is 2. The number of benzene rings is 2. The third kappa shape index (κ3) is 5.35. The normalized spacial score (nSPS) is 18.5. The van der Waals surface area contributed by atoms with Crippen LogP contribution in [-0.2, 0) is 22.9 Å². The van der Waals surface area contributed by atoms with Crippen molar-refractivity contribution >= 4 is 15.7 Å². The summed E-state index contributed by atoms with van der Waals surface area (Å²) in [6.45, 7) is 1.05. The summed E-state index contributed by atoms with van der Waals surface area (Å²) >= 11 is 0. The van der Waals surface area contributed by atoms with Crippen LogP contribution in [0.15, 0.2) is 47.4 Å². The fourth-order valence-corrected chi connectivity index (χ4v) is 5.66. The minimum atomic E-state index is -3.36. The molecule has 12 heteroatoms. The Morgan fingerprint density at radius 1 is 0.946 bits per heavy atom. The van der Waals surface area contributed by atoms with Gasteiger partial charge in [-0.05, 0) is 48.2 Å². The van der Waals surface area contributed by atoms with Gasteiger partial charge in [0.05, 0.1) is 18.1 Å². The molecule has 8 nitrogen and oxygen atoms in total. The number of anilines is 1. The Bertz CT molecular complexity index is 1480. The molecular formula is C25H25F3N4O4S. The van der Waals surface area contributed by atoms with Gasteiger partial charge in [-0.25, -0.2) is 21.6 Å². The number of piperazine rings is 1. The predicted molar refractivity (Wildman–Crippen MR) is 131 cm³/mol. The van der Waals surface area contributed by atoms with Gasteiger partial charge in [0.15, 0.2) is 0 Å². The number of sulfonamides is 1. The predicted octanol–water partition coefficient (Wildman–Crippen LogP) is 2.67. The van der Waals surface area contributed by atoms with Crippen molar-refractivity contribution in [2.45, 2.75) is 25.4 Å². The minimum absolute atomic E-state index is 0.0389. The molecule has 1 saturated heterocycles. The monoisotopic (exact) mass is 534 g/mol. The molecule has 0 radical (unpaired) electrons. The number of aryl methyl sites for hydroxylation is 1. The lowest BCUT2D eigenvalue weighted by molar-refractivity contribution is 0.181. The van der Waals surface area contributed by atoms with Crippen LogP contribution in [0, 0.1) is 17.5 Å². The largest absolute Gasteiger partial charge is 0.483 e. The SMILES string of the molecule is CS(=O)(=O)N1CCN(c2cnn(-c3cc(F)cc(F)c3)c(=O)c2OC2CCc3cc(F)ccc3C2)CC1. The van der Waals surface area contributed by atoms with Crippen molar-refractivity contribution in [3.8, 4) is 11.4 Å². The maximum absolute atomic E-state index is 13.9. The molecule has 0 N–H and O–H groups in total. The molecule has 196 valence electrons. The highest BCUT2D eigenvalue weighted by Crippen LogP contribution is 2.30. The van der Waals surface area contributed by atoms with Crippen LogP contribution in [0.3, 0.4) is 0 Å². The summed E-state index contributed by atoms with van der Waals surface area (Å²) in [5.74, 6) is -2.07. The van der Waals surface area contributed by atoms with Gasteiger partial charge in [-0.2, -0.15) is 14.1 Å². The van der Waals surface area contributed by atoms with Gasteiger partial charge in [-0.3, -0.25) is 4.79 Å². The standard InChI is InChI=1S/C25H25F3N4O4S/c1-37(34,35)31-8-6-30(7-9-31)23-15-29-32(21-13-19(27)12-20(28)14-21)25(33)24(23)36-22-5-3-16-10-18(26)4-2-17(16)11-22/h2,4,10,12-15,22H,3,5-9,11H2,1H3. The highest BCUT2D eigenvalue weighted by atomic mass is 32.2. The zero-order valence-electron chi connectivity index (χ0n) is 20.0. The molecule has 2 heterocycles. The fraction of sp³-hybridized carbons (Fsp3) is 0.360. The van der Waals surface area contributed by atoms with E-state index in [1.807, 2.05) is 4.90 Å². The van der Waals surface area contributed by atoms with Crippen molar-refractivity contribution in [2.75, 3.05) is 37.3 Å². The van der Waals surface area contributed by atoms with E-state index in [4.69, 9.17) is 4.74 Å². The van der Waals surface area contributed by atoms with Crippen molar-refractivity contribution in [1.82, 2.24) is 14.1 Å². The van der Waals surface area contributed by atoms with Gasteiger partial charge in [0.2, 0.25) is 15.8 Å². The molecule has 1 fully saturated rings. The highest BCUT2D eigenvalue weighted by molar-refractivity contribution is 7.88. The van der Waals surface area contributed by atoms with Crippen LogP contribution in [0.25, 0.3) is 5.69 Å². The summed E-state index contributed by atoms with van der Waals surface area (Å²) in [4.78, 5) is 15.4. The van der Waals surface area contributed by atoms with E-state index in [9.17, 15) is 26.4 Å². The molecule has 2 aromatic carbocycles. The van der Waals surface area contributed by atoms with E-state index in [2.05, 4.69) is 5.10 Å². The number of rotatable bonds is 5. The third-order valence-corrected chi connectivity index (χ3v) is 7.99. The van der Waals surface area contributed by atoms with Gasteiger partial charge in [0, 0.05) is 38.7 Å². The molecule has 3 aromatic rings. The van der Waals surface area contributed by atoms with Gasteiger partial charge >= 0.3 is 5.56 Å². The van der Waals surface area contributed by atoms with E-state index < -0.39 is 33.3 Å². The molecule has 0 saturated carbocycles. The second-order valence-electron chi connectivity index (χ2n) is 9.25. The molecule has 1 unspecified atom stereocenters. The summed E-state index contributed by atoms with van der Waals surface area (Å²) in [6.07, 6.45) is 3.68. The van der Waals surface area contributed by atoms with Crippen LogP contribution < -0.4 is 15.2 Å². The number of hydrogen-bond donors (Lipinski definition) is 0. The molecule has 1 aliphatic heterocycles. The number of nitrogens with zero attached hydrogens (tertiary/aromatic N) is 4. The molecule has 1 aromatic heterocycles. The summed E-state index contributed by atoms with van der Waals surface area (Å²) in [5.41, 5.74) is 1.39. The lowest BCUT2D eigenvalue weighted by Crippen LogP contribution is -2.49. The summed E-state index contributed by atoms with van der Waals surface area (Å²) in [6, 6.07) is 7.27. The van der Waals surface area contributed by atoms with Gasteiger partial charge in [0.25, 0.3) is 0 Å². The van der Waals surface area contributed by atoms with Crippen molar-refractivity contribution in [2.24, 2.45) is 0 Å². The average molecular weight is 535 g/mol. The van der Waals surface area contributed by atoms with Crippen LogP contribution in [0.4, 0.5) is 18.9 Å². The Balaban J connectivity index is 1.51. The smallest absolute Gasteiger partial charge is 0.316 e. The van der Waals surface area contributed by atoms with Crippen LogP contribution in [0.1, 0.15) is 17.5 Å². The number of fused-ring (bicyclic) bond motifs is 1. The average Bonchev–Trinajstić information content (AvgIpc) is 2.84. The van der Waals surface area contributed by atoms with E-state index >= 15 is 0 Å². The van der Waals surface area contributed by atoms with E-state index in [1.54, 1.807) is 6.07 Å². The molecule has 37 heavy (non-hydrogen) atoms. The first-order valence-corrected chi connectivity index (χ1v) is 13.7. The first-order valence-electron chi connectivity index (χ1n) is 11.8. The van der Waals surface area contributed by atoms with Gasteiger partial charge in [-0.15, -0.1) is 0 Å². The second-order valence-corrected chi connectivity index (χ2v) is 11.2. The fourth-order valence-electron chi connectivity index (χ4n) is 4.83. The quantitative estimate of drug-likeness (QED) is 0.501. The molecule has 0 spiro atoms. The van der Waals surface area contributed by atoms with Crippen molar-refractivity contribution in [3.05, 3.63) is 81.5 Å². The lowest BCUT2D eigenvalue weighted by Gasteiger charge is -2.35. The van der Waals surface area contributed by atoms with E-state index in [0.717, 1.165) is 34.2 Å². The topological polar surface area (TPSA) is 84.7 Å². The Morgan fingerprint density at radius 2 is 1.65 bits per heavy atom. The van der Waals surface area contributed by atoms with Crippen molar-refractivity contribution in [3.63, 3.8) is 0 Å². The summed E-state index contributed by atoms with van der Waals surface area (Å²) < 4.78 is 73.7.